The topological polar surface area (TPSA) is 78.9 Å². The van der Waals surface area contributed by atoms with Gasteiger partial charge in [0, 0.05) is 19.3 Å². The quantitative estimate of drug-likeness (QED) is 0.0263. The summed E-state index contributed by atoms with van der Waals surface area (Å²) < 4.78 is 16.7. The van der Waals surface area contributed by atoms with Crippen molar-refractivity contribution in [3.8, 4) is 0 Å². The first-order chi connectivity index (χ1) is 29.5. The minimum Gasteiger partial charge on any atom is -0.462 e. The number of ether oxygens (including phenoxy) is 3. The van der Waals surface area contributed by atoms with Crippen molar-refractivity contribution in [2.45, 2.75) is 239 Å². The molecule has 0 aliphatic rings. The Morgan fingerprint density at radius 2 is 0.600 bits per heavy atom. The SMILES string of the molecule is CCCCC/C=C\C/C=C\C/C=C\CCCCC(=O)OC[C@@H](COC(=O)CCCCCCC/C=C\CCCCC)OC(=O)CCCCCCC/C=C\C/C=C\CCCCC. The Morgan fingerprint density at radius 3 is 0.983 bits per heavy atom. The molecule has 0 bridgehead atoms. The molecule has 344 valence electrons. The third-order valence-electron chi connectivity index (χ3n) is 10.4. The van der Waals surface area contributed by atoms with Crippen molar-refractivity contribution < 1.29 is 28.6 Å². The van der Waals surface area contributed by atoms with E-state index in [0.29, 0.717) is 19.3 Å². The third-order valence-corrected chi connectivity index (χ3v) is 10.4. The van der Waals surface area contributed by atoms with Gasteiger partial charge in [-0.25, -0.2) is 0 Å². The smallest absolute Gasteiger partial charge is 0.306 e. The standard InChI is InChI=1S/C54H92O6/c1-4-7-10-13-16-19-22-25-27-29-32-35-38-41-44-47-53(56)59-50-51(49-58-52(55)46-43-40-37-34-31-24-21-18-15-12-9-6-3)60-54(57)48-45-42-39-36-33-30-28-26-23-20-17-14-11-8-5-2/h16-21,25-28,32,35,51H,4-15,22-24,29-31,33-34,36-50H2,1-3H3/b19-16-,20-17-,21-18-,27-25-,28-26-,35-32-/t51-/m1/s1. The van der Waals surface area contributed by atoms with E-state index in [4.69, 9.17) is 14.2 Å². The van der Waals surface area contributed by atoms with Crippen LogP contribution in [0, 0.1) is 0 Å². The molecule has 0 aromatic carbocycles. The van der Waals surface area contributed by atoms with Gasteiger partial charge in [0.25, 0.3) is 0 Å². The van der Waals surface area contributed by atoms with Gasteiger partial charge in [0.05, 0.1) is 0 Å². The molecule has 0 N–H and O–H groups in total. The fourth-order valence-corrected chi connectivity index (χ4v) is 6.59. The molecule has 6 heteroatoms. The van der Waals surface area contributed by atoms with E-state index < -0.39 is 6.10 Å². The Balaban J connectivity index is 4.49. The summed E-state index contributed by atoms with van der Waals surface area (Å²) in [6, 6.07) is 0. The fourth-order valence-electron chi connectivity index (χ4n) is 6.59. The van der Waals surface area contributed by atoms with Crippen molar-refractivity contribution in [3.05, 3.63) is 72.9 Å². The summed E-state index contributed by atoms with van der Waals surface area (Å²) in [5, 5.41) is 0. The summed E-state index contributed by atoms with van der Waals surface area (Å²) in [6.45, 7) is 6.50. The van der Waals surface area contributed by atoms with Crippen molar-refractivity contribution in [2.75, 3.05) is 13.2 Å². The highest BCUT2D eigenvalue weighted by Crippen LogP contribution is 2.13. The van der Waals surface area contributed by atoms with Crippen molar-refractivity contribution in [1.29, 1.82) is 0 Å². The number of esters is 3. The van der Waals surface area contributed by atoms with Gasteiger partial charge in [0.15, 0.2) is 6.10 Å². The molecule has 0 aromatic rings. The first-order valence-electron chi connectivity index (χ1n) is 24.9. The van der Waals surface area contributed by atoms with E-state index in [0.717, 1.165) is 109 Å². The number of hydrogen-bond donors (Lipinski definition) is 0. The van der Waals surface area contributed by atoms with Crippen LogP contribution in [0.25, 0.3) is 0 Å². The van der Waals surface area contributed by atoms with Gasteiger partial charge in [-0.05, 0) is 116 Å². The minimum absolute atomic E-state index is 0.0981. The first-order valence-corrected chi connectivity index (χ1v) is 24.9. The van der Waals surface area contributed by atoms with Crippen LogP contribution in [0.3, 0.4) is 0 Å². The Bertz CT molecular complexity index is 1140. The molecule has 0 aliphatic heterocycles. The molecule has 0 aliphatic carbocycles. The van der Waals surface area contributed by atoms with Crippen molar-refractivity contribution in [1.82, 2.24) is 0 Å². The number of allylic oxidation sites excluding steroid dienone is 12. The Morgan fingerprint density at radius 1 is 0.333 bits per heavy atom. The van der Waals surface area contributed by atoms with Gasteiger partial charge >= 0.3 is 17.9 Å². The van der Waals surface area contributed by atoms with Gasteiger partial charge in [0.1, 0.15) is 13.2 Å². The lowest BCUT2D eigenvalue weighted by molar-refractivity contribution is -0.167. The van der Waals surface area contributed by atoms with Crippen LogP contribution in [0.4, 0.5) is 0 Å². The van der Waals surface area contributed by atoms with Gasteiger partial charge in [-0.3, -0.25) is 14.4 Å². The zero-order valence-electron chi connectivity index (χ0n) is 39.2. The molecule has 6 nitrogen and oxygen atoms in total. The summed E-state index contributed by atoms with van der Waals surface area (Å²) in [6.07, 6.45) is 60.2. The number of rotatable bonds is 44. The molecular weight excluding hydrogens is 745 g/mol. The van der Waals surface area contributed by atoms with Gasteiger partial charge in [-0.2, -0.15) is 0 Å². The molecule has 0 heterocycles. The van der Waals surface area contributed by atoms with Crippen LogP contribution in [-0.4, -0.2) is 37.2 Å². The second-order valence-electron chi connectivity index (χ2n) is 16.4. The van der Waals surface area contributed by atoms with Crippen LogP contribution >= 0.6 is 0 Å². The predicted octanol–water partition coefficient (Wildman–Crippen LogP) is 16.3. The maximum absolute atomic E-state index is 12.8. The highest BCUT2D eigenvalue weighted by Gasteiger charge is 2.19. The average molecular weight is 837 g/mol. The summed E-state index contributed by atoms with van der Waals surface area (Å²) in [4.78, 5) is 37.9. The molecule has 0 saturated heterocycles. The lowest BCUT2D eigenvalue weighted by Crippen LogP contribution is -2.30. The molecule has 0 spiro atoms. The lowest BCUT2D eigenvalue weighted by Gasteiger charge is -2.18. The number of carbonyl (C=O) groups is 3. The summed E-state index contributed by atoms with van der Waals surface area (Å²) in [5.74, 6) is -0.962. The van der Waals surface area contributed by atoms with Crippen LogP contribution in [0.2, 0.25) is 0 Å². The molecule has 60 heavy (non-hydrogen) atoms. The molecular formula is C54H92O6. The monoisotopic (exact) mass is 837 g/mol. The lowest BCUT2D eigenvalue weighted by atomic mass is 10.1. The molecule has 0 rings (SSSR count). The zero-order valence-corrected chi connectivity index (χ0v) is 39.2. The highest BCUT2D eigenvalue weighted by molar-refractivity contribution is 5.71. The number of hydrogen-bond acceptors (Lipinski definition) is 6. The summed E-state index contributed by atoms with van der Waals surface area (Å²) in [5.41, 5.74) is 0. The van der Waals surface area contributed by atoms with E-state index in [-0.39, 0.29) is 31.1 Å². The zero-order chi connectivity index (χ0) is 43.7. The van der Waals surface area contributed by atoms with Gasteiger partial charge in [-0.1, -0.05) is 171 Å². The molecule has 0 amide bonds. The van der Waals surface area contributed by atoms with Crippen molar-refractivity contribution >= 4 is 17.9 Å². The Hall–Kier alpha value is -3.15. The van der Waals surface area contributed by atoms with E-state index in [9.17, 15) is 14.4 Å². The van der Waals surface area contributed by atoms with E-state index in [1.165, 1.54) is 83.5 Å². The van der Waals surface area contributed by atoms with E-state index in [1.807, 2.05) is 0 Å². The normalized spacial score (nSPS) is 12.7. The molecule has 0 fully saturated rings. The highest BCUT2D eigenvalue weighted by atomic mass is 16.6. The number of carbonyl (C=O) groups excluding carboxylic acids is 3. The third kappa shape index (κ3) is 45.9. The molecule has 0 aromatic heterocycles. The largest absolute Gasteiger partial charge is 0.462 e. The summed E-state index contributed by atoms with van der Waals surface area (Å²) in [7, 11) is 0. The van der Waals surface area contributed by atoms with Crippen LogP contribution in [0.1, 0.15) is 233 Å². The molecule has 0 saturated carbocycles. The fraction of sp³-hybridized carbons (Fsp3) is 0.722. The predicted molar refractivity (Wildman–Crippen MR) is 256 cm³/mol. The second kappa shape index (κ2) is 48.5. The molecule has 0 radical (unpaired) electrons. The van der Waals surface area contributed by atoms with E-state index in [1.54, 1.807) is 0 Å². The average Bonchev–Trinajstić information content (AvgIpc) is 3.24. The maximum atomic E-state index is 12.8. The Kier molecular flexibility index (Phi) is 46.0. The van der Waals surface area contributed by atoms with Crippen LogP contribution in [0.5, 0.6) is 0 Å². The first kappa shape index (κ1) is 56.9. The van der Waals surface area contributed by atoms with Crippen LogP contribution in [-0.2, 0) is 28.6 Å². The minimum atomic E-state index is -0.800. The van der Waals surface area contributed by atoms with Crippen molar-refractivity contribution in [2.24, 2.45) is 0 Å². The second-order valence-corrected chi connectivity index (χ2v) is 16.4. The van der Waals surface area contributed by atoms with E-state index in [2.05, 4.69) is 93.7 Å². The number of unbranched alkanes of at least 4 members (excludes halogenated alkanes) is 21. The van der Waals surface area contributed by atoms with Gasteiger partial charge in [0.2, 0.25) is 0 Å². The maximum Gasteiger partial charge on any atom is 0.306 e. The molecule has 0 unspecified atom stereocenters. The Labute approximate surface area is 370 Å². The van der Waals surface area contributed by atoms with Crippen LogP contribution in [0.15, 0.2) is 72.9 Å². The summed E-state index contributed by atoms with van der Waals surface area (Å²) >= 11 is 0. The molecule has 1 atom stereocenters. The van der Waals surface area contributed by atoms with Gasteiger partial charge < -0.3 is 14.2 Å². The van der Waals surface area contributed by atoms with Gasteiger partial charge in [-0.15, -0.1) is 0 Å². The van der Waals surface area contributed by atoms with Crippen molar-refractivity contribution in [3.63, 3.8) is 0 Å². The van der Waals surface area contributed by atoms with E-state index >= 15 is 0 Å². The van der Waals surface area contributed by atoms with Crippen LogP contribution < -0.4 is 0 Å².